The quantitative estimate of drug-likeness (QED) is 0.262. The number of aliphatic imine (C=N–C) groups is 1. The van der Waals surface area contributed by atoms with Crippen LogP contribution >= 0.6 is 24.0 Å². The average molecular weight is 551 g/mol. The molecule has 0 fully saturated rings. The molecule has 0 saturated heterocycles. The van der Waals surface area contributed by atoms with Crippen LogP contribution in [-0.2, 0) is 13.1 Å². The fourth-order valence-electron chi connectivity index (χ4n) is 2.70. The fraction of sp³-hybridized carbons (Fsp3) is 0.381. The van der Waals surface area contributed by atoms with Crippen molar-refractivity contribution in [2.45, 2.75) is 26.6 Å². The second kappa shape index (κ2) is 13.7. The van der Waals surface area contributed by atoms with Gasteiger partial charge in [0.1, 0.15) is 11.5 Å². The van der Waals surface area contributed by atoms with Crippen molar-refractivity contribution in [2.24, 2.45) is 4.99 Å². The molecule has 0 unspecified atom stereocenters. The summed E-state index contributed by atoms with van der Waals surface area (Å²) in [5.74, 6) is 2.18. The van der Waals surface area contributed by atoms with Crippen molar-refractivity contribution in [2.75, 3.05) is 27.9 Å². The molecule has 0 heterocycles. The Morgan fingerprint density at radius 1 is 0.935 bits per heavy atom. The van der Waals surface area contributed by atoms with Gasteiger partial charge in [-0.3, -0.25) is 0 Å². The van der Waals surface area contributed by atoms with Crippen LogP contribution in [0.15, 0.2) is 41.4 Å². The summed E-state index contributed by atoms with van der Waals surface area (Å²) in [4.78, 5) is 4.51. The van der Waals surface area contributed by atoms with E-state index < -0.39 is 6.61 Å². The molecule has 2 N–H and O–H groups in total. The van der Waals surface area contributed by atoms with Crippen LogP contribution in [0.2, 0.25) is 0 Å². The largest absolute Gasteiger partial charge is 0.497 e. The van der Waals surface area contributed by atoms with E-state index in [9.17, 15) is 8.78 Å². The number of hydrogen-bond donors (Lipinski definition) is 2. The number of ether oxygens (including phenoxy) is 4. The minimum absolute atomic E-state index is 0. The number of rotatable bonds is 10. The van der Waals surface area contributed by atoms with E-state index in [-0.39, 0.29) is 42.0 Å². The highest BCUT2D eigenvalue weighted by Gasteiger charge is 2.11. The number of guanidine groups is 1. The van der Waals surface area contributed by atoms with Crippen LogP contribution in [0.3, 0.4) is 0 Å². The van der Waals surface area contributed by atoms with Crippen molar-refractivity contribution in [1.29, 1.82) is 0 Å². The maximum Gasteiger partial charge on any atom is 0.387 e. The van der Waals surface area contributed by atoms with Crippen LogP contribution in [0.4, 0.5) is 8.78 Å². The van der Waals surface area contributed by atoms with Crippen molar-refractivity contribution < 1.29 is 27.7 Å². The van der Waals surface area contributed by atoms with E-state index in [1.807, 2.05) is 25.1 Å². The Labute approximate surface area is 198 Å². The van der Waals surface area contributed by atoms with E-state index in [1.54, 1.807) is 26.4 Å². The lowest BCUT2D eigenvalue weighted by Crippen LogP contribution is -2.36. The Morgan fingerprint density at radius 3 is 2.29 bits per heavy atom. The van der Waals surface area contributed by atoms with Crippen LogP contribution in [0.25, 0.3) is 0 Å². The van der Waals surface area contributed by atoms with Crippen LogP contribution < -0.4 is 29.6 Å². The molecule has 7 nitrogen and oxygen atoms in total. The molecule has 2 aromatic carbocycles. The highest BCUT2D eigenvalue weighted by molar-refractivity contribution is 14.0. The van der Waals surface area contributed by atoms with Gasteiger partial charge in [0.05, 0.1) is 27.9 Å². The molecule has 0 aromatic heterocycles. The van der Waals surface area contributed by atoms with Crippen molar-refractivity contribution in [3.05, 3.63) is 47.5 Å². The first-order chi connectivity index (χ1) is 14.5. The zero-order valence-electron chi connectivity index (χ0n) is 17.9. The molecule has 172 valence electrons. The van der Waals surface area contributed by atoms with Crippen molar-refractivity contribution in [3.8, 4) is 23.0 Å². The molecule has 2 aromatic rings. The highest BCUT2D eigenvalue weighted by atomic mass is 127. The normalized spacial score (nSPS) is 10.9. The predicted octanol–water partition coefficient (Wildman–Crippen LogP) is 4.19. The molecule has 0 saturated carbocycles. The molecule has 10 heteroatoms. The van der Waals surface area contributed by atoms with Gasteiger partial charge in [0.2, 0.25) is 0 Å². The van der Waals surface area contributed by atoms with Crippen molar-refractivity contribution >= 4 is 29.9 Å². The average Bonchev–Trinajstić information content (AvgIpc) is 2.75. The third-order valence-electron chi connectivity index (χ3n) is 4.15. The molecule has 0 bridgehead atoms. The van der Waals surface area contributed by atoms with Gasteiger partial charge in [0.25, 0.3) is 0 Å². The summed E-state index contributed by atoms with van der Waals surface area (Å²) in [5.41, 5.74) is 1.63. The number of halogens is 3. The van der Waals surface area contributed by atoms with Gasteiger partial charge in [0.15, 0.2) is 17.5 Å². The van der Waals surface area contributed by atoms with E-state index in [2.05, 4.69) is 20.4 Å². The first-order valence-corrected chi connectivity index (χ1v) is 9.35. The van der Waals surface area contributed by atoms with Crippen molar-refractivity contribution in [1.82, 2.24) is 10.6 Å². The minimum atomic E-state index is -2.93. The topological polar surface area (TPSA) is 73.3 Å². The lowest BCUT2D eigenvalue weighted by atomic mass is 10.2. The summed E-state index contributed by atoms with van der Waals surface area (Å²) < 4.78 is 45.4. The minimum Gasteiger partial charge on any atom is -0.497 e. The second-order valence-corrected chi connectivity index (χ2v) is 6.09. The molecule has 31 heavy (non-hydrogen) atoms. The van der Waals surface area contributed by atoms with Crippen LogP contribution in [-0.4, -0.2) is 40.4 Å². The third kappa shape index (κ3) is 8.27. The number of alkyl halides is 2. The van der Waals surface area contributed by atoms with E-state index in [0.717, 1.165) is 5.56 Å². The maximum atomic E-state index is 12.6. The molecule has 0 aliphatic heterocycles. The summed E-state index contributed by atoms with van der Waals surface area (Å²) in [7, 11) is 4.59. The number of nitrogens with one attached hydrogen (secondary N) is 2. The predicted molar refractivity (Wildman–Crippen MR) is 126 cm³/mol. The van der Waals surface area contributed by atoms with Crippen LogP contribution in [0.5, 0.6) is 23.0 Å². The first kappa shape index (κ1) is 26.5. The summed E-state index contributed by atoms with van der Waals surface area (Å²) in [6, 6.07) is 10.4. The Hall–Kier alpha value is -2.50. The SMILES string of the molecule is CCNC(=NCc1ccc(OC)c(OC(F)F)c1)NCc1ccc(OC)cc1OC.I. The molecule has 0 radical (unpaired) electrons. The van der Waals surface area contributed by atoms with Gasteiger partial charge in [-0.2, -0.15) is 8.78 Å². The van der Waals surface area contributed by atoms with E-state index in [4.69, 9.17) is 14.2 Å². The van der Waals surface area contributed by atoms with E-state index >= 15 is 0 Å². The molecule has 0 atom stereocenters. The molecule has 0 aliphatic rings. The zero-order valence-corrected chi connectivity index (χ0v) is 20.2. The first-order valence-electron chi connectivity index (χ1n) is 9.35. The van der Waals surface area contributed by atoms with Crippen LogP contribution in [0.1, 0.15) is 18.1 Å². The lowest BCUT2D eigenvalue weighted by molar-refractivity contribution is -0.0512. The molecule has 0 amide bonds. The number of methoxy groups -OCH3 is 3. The molecule has 0 aliphatic carbocycles. The van der Waals surface area contributed by atoms with Gasteiger partial charge in [-0.15, -0.1) is 24.0 Å². The Balaban J connectivity index is 0.00000480. The Morgan fingerprint density at radius 2 is 1.68 bits per heavy atom. The zero-order chi connectivity index (χ0) is 21.9. The Bertz CT molecular complexity index is 853. The maximum absolute atomic E-state index is 12.6. The number of hydrogen-bond acceptors (Lipinski definition) is 5. The molecular weight excluding hydrogens is 523 g/mol. The van der Waals surface area contributed by atoms with E-state index in [0.29, 0.717) is 36.1 Å². The Kier molecular flexibility index (Phi) is 11.8. The lowest BCUT2D eigenvalue weighted by Gasteiger charge is -2.15. The van der Waals surface area contributed by atoms with Gasteiger partial charge in [0, 0.05) is 24.7 Å². The summed E-state index contributed by atoms with van der Waals surface area (Å²) in [5, 5.41) is 6.38. The number of nitrogens with zero attached hydrogens (tertiary/aromatic N) is 1. The van der Waals surface area contributed by atoms with Gasteiger partial charge in [-0.1, -0.05) is 6.07 Å². The summed E-state index contributed by atoms with van der Waals surface area (Å²) in [6.45, 7) is 0.414. The van der Waals surface area contributed by atoms with Crippen LogP contribution in [0, 0.1) is 0 Å². The van der Waals surface area contributed by atoms with Gasteiger partial charge in [-0.05, 0) is 36.8 Å². The number of benzene rings is 2. The van der Waals surface area contributed by atoms with Crippen molar-refractivity contribution in [3.63, 3.8) is 0 Å². The molecule has 2 rings (SSSR count). The summed E-state index contributed by atoms with van der Waals surface area (Å²) >= 11 is 0. The van der Waals surface area contributed by atoms with E-state index in [1.165, 1.54) is 13.2 Å². The smallest absolute Gasteiger partial charge is 0.387 e. The summed E-state index contributed by atoms with van der Waals surface area (Å²) in [6.07, 6.45) is 0. The second-order valence-electron chi connectivity index (χ2n) is 6.09. The molecule has 0 spiro atoms. The highest BCUT2D eigenvalue weighted by Crippen LogP contribution is 2.29. The van der Waals surface area contributed by atoms with Gasteiger partial charge >= 0.3 is 6.61 Å². The fourth-order valence-corrected chi connectivity index (χ4v) is 2.70. The van der Waals surface area contributed by atoms with Gasteiger partial charge in [-0.25, -0.2) is 4.99 Å². The third-order valence-corrected chi connectivity index (χ3v) is 4.15. The molecular formula is C21H28F2IN3O4. The monoisotopic (exact) mass is 551 g/mol. The van der Waals surface area contributed by atoms with Gasteiger partial charge < -0.3 is 29.6 Å². The standard InChI is InChI=1S/C21H27F2N3O4.HI/c1-5-24-21(26-13-15-7-8-16(27-2)11-18(15)29-4)25-12-14-6-9-17(28-3)19(10-14)30-20(22)23;/h6-11,20H,5,12-13H2,1-4H3,(H2,24,25,26);1H.